The number of methoxy groups -OCH3 is 1. The number of hydrogen-bond donors (Lipinski definition) is 0. The number of fused-ring (bicyclic) bond motifs is 2. The van der Waals surface area contributed by atoms with Gasteiger partial charge in [-0.15, -0.1) is 0 Å². The van der Waals surface area contributed by atoms with E-state index in [0.29, 0.717) is 12.5 Å². The third-order valence-electron chi connectivity index (χ3n) is 6.06. The van der Waals surface area contributed by atoms with Crippen LogP contribution < -0.4 is 4.74 Å². The predicted octanol–water partition coefficient (Wildman–Crippen LogP) is 4.13. The summed E-state index contributed by atoms with van der Waals surface area (Å²) in [6.07, 6.45) is 3.54. The van der Waals surface area contributed by atoms with Crippen molar-refractivity contribution in [3.05, 3.63) is 23.6 Å². The molecule has 7 heteroatoms. The Kier molecular flexibility index (Phi) is 5.50. The Hall–Kier alpha value is -1.44. The minimum atomic E-state index is -1.14. The van der Waals surface area contributed by atoms with E-state index in [9.17, 15) is 4.39 Å². The first-order valence-corrected chi connectivity index (χ1v) is 14.1. The summed E-state index contributed by atoms with van der Waals surface area (Å²) in [5.41, 5.74) is 1.73. The maximum absolute atomic E-state index is 14.1. The van der Waals surface area contributed by atoms with Crippen molar-refractivity contribution in [3.8, 4) is 5.75 Å². The molecule has 154 valence electrons. The highest BCUT2D eigenvalue weighted by molar-refractivity contribution is 6.76. The smallest absolute Gasteiger partial charge is 0.140 e. The lowest BCUT2D eigenvalue weighted by molar-refractivity contribution is 0.0813. The van der Waals surface area contributed by atoms with Crippen LogP contribution in [0.1, 0.15) is 18.5 Å². The van der Waals surface area contributed by atoms with Gasteiger partial charge in [0, 0.05) is 45.8 Å². The van der Waals surface area contributed by atoms with Crippen LogP contribution >= 0.6 is 0 Å². The molecule has 0 amide bonds. The lowest BCUT2D eigenvalue weighted by Crippen LogP contribution is -2.25. The standard InChI is InChI=1S/C21H32FN3O2Si/c1-26-20-13-16(22)12-19-21(20)17(6-8-24-7-5-15-11-18(15)24)23-25(19)14-27-9-10-28(2,3)4/h12-13,15,18H,5-11,14H2,1-4H3. The van der Waals surface area contributed by atoms with Crippen molar-refractivity contribution >= 4 is 19.0 Å². The van der Waals surface area contributed by atoms with Gasteiger partial charge in [-0.1, -0.05) is 19.6 Å². The van der Waals surface area contributed by atoms with Crippen LogP contribution in [-0.2, 0) is 17.9 Å². The fourth-order valence-electron chi connectivity index (χ4n) is 4.29. The number of piperidine rings is 1. The molecule has 0 radical (unpaired) electrons. The lowest BCUT2D eigenvalue weighted by atomic mass is 10.1. The normalized spacial score (nSPS) is 22.0. The summed E-state index contributed by atoms with van der Waals surface area (Å²) in [5, 5.41) is 5.72. The van der Waals surface area contributed by atoms with Crippen LogP contribution in [0.25, 0.3) is 10.9 Å². The van der Waals surface area contributed by atoms with E-state index in [4.69, 9.17) is 14.6 Å². The molecule has 2 aromatic rings. The number of rotatable bonds is 9. The van der Waals surface area contributed by atoms with Crippen LogP contribution in [0.2, 0.25) is 25.7 Å². The van der Waals surface area contributed by atoms with E-state index in [1.165, 1.54) is 25.5 Å². The second-order valence-corrected chi connectivity index (χ2v) is 15.1. The topological polar surface area (TPSA) is 39.5 Å². The van der Waals surface area contributed by atoms with Crippen molar-refractivity contribution in [2.75, 3.05) is 26.8 Å². The van der Waals surface area contributed by atoms with E-state index in [-0.39, 0.29) is 5.82 Å². The maximum atomic E-state index is 14.1. The number of ether oxygens (including phenoxy) is 2. The maximum Gasteiger partial charge on any atom is 0.140 e. The third-order valence-corrected chi connectivity index (χ3v) is 7.77. The summed E-state index contributed by atoms with van der Waals surface area (Å²) in [6, 6.07) is 4.89. The summed E-state index contributed by atoms with van der Waals surface area (Å²) >= 11 is 0. The van der Waals surface area contributed by atoms with Crippen molar-refractivity contribution in [3.63, 3.8) is 0 Å². The summed E-state index contributed by atoms with van der Waals surface area (Å²) in [7, 11) is 0.454. The summed E-state index contributed by atoms with van der Waals surface area (Å²) in [5.74, 6) is 1.18. The highest BCUT2D eigenvalue weighted by atomic mass is 28.3. The molecule has 4 rings (SSSR count). The zero-order chi connectivity index (χ0) is 19.9. The van der Waals surface area contributed by atoms with Crippen molar-refractivity contribution < 1.29 is 13.9 Å². The Labute approximate surface area is 167 Å². The number of aromatic nitrogens is 2. The first-order chi connectivity index (χ1) is 13.4. The molecule has 5 nitrogen and oxygen atoms in total. The molecule has 0 bridgehead atoms. The molecule has 1 saturated carbocycles. The first kappa shape index (κ1) is 19.9. The minimum Gasteiger partial charge on any atom is -0.496 e. The van der Waals surface area contributed by atoms with Gasteiger partial charge >= 0.3 is 0 Å². The Bertz CT molecular complexity index is 848. The third kappa shape index (κ3) is 4.26. The fraction of sp³-hybridized carbons (Fsp3) is 0.667. The monoisotopic (exact) mass is 405 g/mol. The Morgan fingerprint density at radius 3 is 2.75 bits per heavy atom. The van der Waals surface area contributed by atoms with Crippen LogP contribution in [0.15, 0.2) is 12.1 Å². The predicted molar refractivity (Wildman–Crippen MR) is 112 cm³/mol. The summed E-state index contributed by atoms with van der Waals surface area (Å²) < 4.78 is 27.3. The summed E-state index contributed by atoms with van der Waals surface area (Å²) in [6.45, 7) is 10.3. The van der Waals surface area contributed by atoms with Crippen LogP contribution in [0.3, 0.4) is 0 Å². The van der Waals surface area contributed by atoms with Crippen molar-refractivity contribution in [1.82, 2.24) is 14.7 Å². The number of likely N-dealkylation sites (tertiary alicyclic amines) is 1. The van der Waals surface area contributed by atoms with E-state index in [2.05, 4.69) is 24.5 Å². The van der Waals surface area contributed by atoms with Crippen LogP contribution in [-0.4, -0.2) is 55.6 Å². The van der Waals surface area contributed by atoms with Gasteiger partial charge in [-0.25, -0.2) is 9.07 Å². The SMILES string of the molecule is COc1cc(F)cc2c1c(CCN1CCC3CC31)nn2COCC[Si](C)(C)C. The molecular formula is C21H32FN3O2Si. The van der Waals surface area contributed by atoms with E-state index < -0.39 is 8.07 Å². The zero-order valence-electron chi connectivity index (χ0n) is 17.5. The van der Waals surface area contributed by atoms with Gasteiger partial charge < -0.3 is 9.47 Å². The molecule has 1 saturated heterocycles. The fourth-order valence-corrected chi connectivity index (χ4v) is 5.05. The number of hydrogen-bond acceptors (Lipinski definition) is 4. The molecule has 0 N–H and O–H groups in total. The molecule has 2 unspecified atom stereocenters. The highest BCUT2D eigenvalue weighted by Crippen LogP contribution is 2.44. The molecule has 0 spiro atoms. The molecule has 1 aromatic carbocycles. The second kappa shape index (κ2) is 7.76. The molecule has 2 fully saturated rings. The molecule has 2 aliphatic rings. The lowest BCUT2D eigenvalue weighted by Gasteiger charge is -2.16. The molecular weight excluding hydrogens is 373 g/mol. The van der Waals surface area contributed by atoms with Crippen molar-refractivity contribution in [2.24, 2.45) is 5.92 Å². The van der Waals surface area contributed by atoms with Crippen LogP contribution in [0, 0.1) is 11.7 Å². The second-order valence-electron chi connectivity index (χ2n) is 9.43. The van der Waals surface area contributed by atoms with Crippen LogP contribution in [0.4, 0.5) is 4.39 Å². The molecule has 1 aromatic heterocycles. The Morgan fingerprint density at radius 1 is 1.29 bits per heavy atom. The van der Waals surface area contributed by atoms with E-state index in [1.54, 1.807) is 17.9 Å². The Balaban J connectivity index is 1.53. The number of halogens is 1. The molecule has 2 heterocycles. The first-order valence-electron chi connectivity index (χ1n) is 10.4. The van der Waals surface area contributed by atoms with Gasteiger partial charge in [0.1, 0.15) is 18.3 Å². The van der Waals surface area contributed by atoms with Gasteiger partial charge in [-0.3, -0.25) is 4.90 Å². The van der Waals surface area contributed by atoms with Gasteiger partial charge in [-0.2, -0.15) is 5.10 Å². The number of nitrogens with zero attached hydrogens (tertiary/aromatic N) is 3. The van der Waals surface area contributed by atoms with E-state index in [1.807, 2.05) is 0 Å². The number of benzene rings is 1. The molecule has 1 aliphatic carbocycles. The van der Waals surface area contributed by atoms with Gasteiger partial charge in [0.25, 0.3) is 0 Å². The largest absolute Gasteiger partial charge is 0.496 e. The van der Waals surface area contributed by atoms with Gasteiger partial charge in [-0.05, 0) is 31.3 Å². The van der Waals surface area contributed by atoms with Gasteiger partial charge in [0.05, 0.1) is 23.7 Å². The molecule has 1 aliphatic heterocycles. The van der Waals surface area contributed by atoms with Crippen molar-refractivity contribution in [2.45, 2.75) is 57.7 Å². The Morgan fingerprint density at radius 2 is 2.11 bits per heavy atom. The molecule has 28 heavy (non-hydrogen) atoms. The quantitative estimate of drug-likeness (QED) is 0.464. The average molecular weight is 406 g/mol. The van der Waals surface area contributed by atoms with E-state index >= 15 is 0 Å². The molecule has 2 atom stereocenters. The summed E-state index contributed by atoms with van der Waals surface area (Å²) in [4.78, 5) is 2.58. The highest BCUT2D eigenvalue weighted by Gasteiger charge is 2.46. The van der Waals surface area contributed by atoms with Gasteiger partial charge in [0.15, 0.2) is 0 Å². The average Bonchev–Trinajstić information content (AvgIpc) is 3.18. The van der Waals surface area contributed by atoms with Gasteiger partial charge in [0.2, 0.25) is 0 Å². The van der Waals surface area contributed by atoms with Crippen LogP contribution in [0.5, 0.6) is 5.75 Å². The van der Waals surface area contributed by atoms with Crippen molar-refractivity contribution in [1.29, 1.82) is 0 Å². The zero-order valence-corrected chi connectivity index (χ0v) is 18.5. The minimum absolute atomic E-state index is 0.306. The van der Waals surface area contributed by atoms with E-state index in [0.717, 1.165) is 54.2 Å².